The standard InChI is InChI=1S/C17H26N2O2S/c1-14-7-9-15(10-8-14)11-19-12-16(13-19)18-22(20,21)17-5-3-2-4-6-17/h2-6,14-16,18H,7-13H2,1H3. The zero-order valence-electron chi connectivity index (χ0n) is 13.2. The molecule has 5 heteroatoms. The highest BCUT2D eigenvalue weighted by molar-refractivity contribution is 7.89. The van der Waals surface area contributed by atoms with E-state index >= 15 is 0 Å². The summed E-state index contributed by atoms with van der Waals surface area (Å²) in [7, 11) is -3.36. The van der Waals surface area contributed by atoms with Crippen molar-refractivity contribution in [3.63, 3.8) is 0 Å². The van der Waals surface area contributed by atoms with Crippen molar-refractivity contribution in [1.29, 1.82) is 0 Å². The molecule has 1 saturated carbocycles. The number of nitrogens with zero attached hydrogens (tertiary/aromatic N) is 1. The summed E-state index contributed by atoms with van der Waals surface area (Å²) >= 11 is 0. The van der Waals surface area contributed by atoms with Gasteiger partial charge in [0.1, 0.15) is 0 Å². The molecular formula is C17H26N2O2S. The van der Waals surface area contributed by atoms with Crippen molar-refractivity contribution in [2.75, 3.05) is 19.6 Å². The minimum atomic E-state index is -3.36. The van der Waals surface area contributed by atoms with Crippen LogP contribution in [-0.2, 0) is 10.0 Å². The van der Waals surface area contributed by atoms with Crippen LogP contribution in [0.3, 0.4) is 0 Å². The molecule has 122 valence electrons. The Morgan fingerprint density at radius 1 is 1.09 bits per heavy atom. The summed E-state index contributed by atoms with van der Waals surface area (Å²) in [4.78, 5) is 2.74. The van der Waals surface area contributed by atoms with E-state index in [2.05, 4.69) is 16.5 Å². The first kappa shape index (κ1) is 16.0. The minimum absolute atomic E-state index is 0.0627. The van der Waals surface area contributed by atoms with Gasteiger partial charge in [0.15, 0.2) is 0 Å². The van der Waals surface area contributed by atoms with Gasteiger partial charge in [0.2, 0.25) is 10.0 Å². The van der Waals surface area contributed by atoms with Crippen LogP contribution in [0.1, 0.15) is 32.6 Å². The molecular weight excluding hydrogens is 296 g/mol. The maximum absolute atomic E-state index is 12.2. The third-order valence-electron chi connectivity index (χ3n) is 4.98. The number of nitrogens with one attached hydrogen (secondary N) is 1. The Morgan fingerprint density at radius 3 is 2.36 bits per heavy atom. The second kappa shape index (κ2) is 6.69. The largest absolute Gasteiger partial charge is 0.300 e. The third-order valence-corrected chi connectivity index (χ3v) is 6.52. The molecule has 0 radical (unpaired) electrons. The summed E-state index contributed by atoms with van der Waals surface area (Å²) in [5.74, 6) is 1.70. The Hall–Kier alpha value is -0.910. The molecule has 1 aromatic rings. The lowest BCUT2D eigenvalue weighted by molar-refractivity contribution is 0.101. The number of benzene rings is 1. The molecule has 2 fully saturated rings. The van der Waals surface area contributed by atoms with E-state index in [4.69, 9.17) is 0 Å². The fourth-order valence-electron chi connectivity index (χ4n) is 3.56. The normalized spacial score (nSPS) is 27.5. The molecule has 2 aliphatic rings. The van der Waals surface area contributed by atoms with E-state index in [-0.39, 0.29) is 6.04 Å². The number of sulfonamides is 1. The van der Waals surface area contributed by atoms with Crippen LogP contribution >= 0.6 is 0 Å². The number of likely N-dealkylation sites (tertiary alicyclic amines) is 1. The van der Waals surface area contributed by atoms with Gasteiger partial charge in [-0.3, -0.25) is 4.90 Å². The van der Waals surface area contributed by atoms with Gasteiger partial charge in [-0.2, -0.15) is 0 Å². The predicted octanol–water partition coefficient (Wildman–Crippen LogP) is 2.48. The van der Waals surface area contributed by atoms with Crippen LogP contribution in [-0.4, -0.2) is 39.0 Å². The first-order valence-electron chi connectivity index (χ1n) is 8.32. The van der Waals surface area contributed by atoms with Gasteiger partial charge in [-0.25, -0.2) is 13.1 Å². The van der Waals surface area contributed by atoms with Gasteiger partial charge in [0.25, 0.3) is 0 Å². The highest BCUT2D eigenvalue weighted by Gasteiger charge is 2.32. The number of hydrogen-bond acceptors (Lipinski definition) is 3. The minimum Gasteiger partial charge on any atom is -0.300 e. The van der Waals surface area contributed by atoms with Crippen LogP contribution in [0.4, 0.5) is 0 Å². The summed E-state index contributed by atoms with van der Waals surface area (Å²) in [6, 6.07) is 8.68. The Morgan fingerprint density at radius 2 is 1.73 bits per heavy atom. The lowest BCUT2D eigenvalue weighted by Gasteiger charge is -2.42. The smallest absolute Gasteiger partial charge is 0.240 e. The van der Waals surface area contributed by atoms with Crippen LogP contribution in [0.2, 0.25) is 0 Å². The molecule has 1 N–H and O–H groups in total. The molecule has 0 bridgehead atoms. The molecule has 1 heterocycles. The van der Waals surface area contributed by atoms with E-state index < -0.39 is 10.0 Å². The molecule has 4 nitrogen and oxygen atoms in total. The van der Waals surface area contributed by atoms with Gasteiger partial charge in [-0.1, -0.05) is 38.0 Å². The lowest BCUT2D eigenvalue weighted by Crippen LogP contribution is -2.60. The first-order chi connectivity index (χ1) is 10.5. The molecule has 0 atom stereocenters. The maximum Gasteiger partial charge on any atom is 0.240 e. The second-order valence-electron chi connectivity index (χ2n) is 6.98. The summed E-state index contributed by atoms with van der Waals surface area (Å²) in [6.07, 6.45) is 5.36. The van der Waals surface area contributed by atoms with Crippen LogP contribution in [0, 0.1) is 11.8 Å². The highest BCUT2D eigenvalue weighted by Crippen LogP contribution is 2.29. The van der Waals surface area contributed by atoms with Crippen LogP contribution in [0.25, 0.3) is 0 Å². The zero-order valence-corrected chi connectivity index (χ0v) is 14.1. The third kappa shape index (κ3) is 3.89. The lowest BCUT2D eigenvalue weighted by atomic mass is 9.82. The Kier molecular flexibility index (Phi) is 4.85. The van der Waals surface area contributed by atoms with Crippen molar-refractivity contribution >= 4 is 10.0 Å². The molecule has 0 spiro atoms. The SMILES string of the molecule is CC1CCC(CN2CC(NS(=O)(=O)c3ccccc3)C2)CC1. The predicted molar refractivity (Wildman–Crippen MR) is 88.1 cm³/mol. The fraction of sp³-hybridized carbons (Fsp3) is 0.647. The number of rotatable bonds is 5. The molecule has 1 aromatic carbocycles. The quantitative estimate of drug-likeness (QED) is 0.906. The van der Waals surface area contributed by atoms with Crippen molar-refractivity contribution in [3.8, 4) is 0 Å². The Labute approximate surface area is 134 Å². The average Bonchev–Trinajstić information content (AvgIpc) is 2.48. The Bertz CT molecular complexity index is 574. The van der Waals surface area contributed by atoms with Crippen molar-refractivity contribution in [3.05, 3.63) is 30.3 Å². The van der Waals surface area contributed by atoms with Crippen LogP contribution < -0.4 is 4.72 Å². The van der Waals surface area contributed by atoms with Gasteiger partial charge >= 0.3 is 0 Å². The zero-order chi connectivity index (χ0) is 15.6. The van der Waals surface area contributed by atoms with Gasteiger partial charge in [-0.05, 0) is 36.8 Å². The van der Waals surface area contributed by atoms with E-state index in [1.807, 2.05) is 6.07 Å². The summed E-state index contributed by atoms with van der Waals surface area (Å²) in [5, 5.41) is 0. The second-order valence-corrected chi connectivity index (χ2v) is 8.69. The molecule has 3 rings (SSSR count). The van der Waals surface area contributed by atoms with E-state index in [1.165, 1.54) is 25.7 Å². The van der Waals surface area contributed by atoms with Crippen LogP contribution in [0.5, 0.6) is 0 Å². The molecule has 22 heavy (non-hydrogen) atoms. The van der Waals surface area contributed by atoms with Crippen LogP contribution in [0.15, 0.2) is 35.2 Å². The van der Waals surface area contributed by atoms with Crippen molar-refractivity contribution in [1.82, 2.24) is 9.62 Å². The van der Waals surface area contributed by atoms with Gasteiger partial charge in [0, 0.05) is 25.7 Å². The molecule has 0 aromatic heterocycles. The van der Waals surface area contributed by atoms with Crippen molar-refractivity contribution < 1.29 is 8.42 Å². The molecule has 1 aliphatic heterocycles. The summed E-state index contributed by atoms with van der Waals surface area (Å²) in [6.45, 7) is 5.17. The maximum atomic E-state index is 12.2. The Balaban J connectivity index is 1.44. The summed E-state index contributed by atoms with van der Waals surface area (Å²) < 4.78 is 27.3. The van der Waals surface area contributed by atoms with Crippen molar-refractivity contribution in [2.45, 2.75) is 43.5 Å². The highest BCUT2D eigenvalue weighted by atomic mass is 32.2. The average molecular weight is 322 g/mol. The van der Waals surface area contributed by atoms with E-state index in [9.17, 15) is 8.42 Å². The van der Waals surface area contributed by atoms with E-state index in [0.29, 0.717) is 4.90 Å². The van der Waals surface area contributed by atoms with Crippen molar-refractivity contribution in [2.24, 2.45) is 11.8 Å². The van der Waals surface area contributed by atoms with Gasteiger partial charge in [0.05, 0.1) is 4.90 Å². The number of hydrogen-bond donors (Lipinski definition) is 1. The fourth-order valence-corrected chi connectivity index (χ4v) is 4.80. The molecule has 1 aliphatic carbocycles. The van der Waals surface area contributed by atoms with E-state index in [0.717, 1.165) is 31.5 Å². The molecule has 1 saturated heterocycles. The van der Waals surface area contributed by atoms with E-state index in [1.54, 1.807) is 24.3 Å². The summed E-state index contributed by atoms with van der Waals surface area (Å²) in [5.41, 5.74) is 0. The monoisotopic (exact) mass is 322 g/mol. The molecule has 0 unspecified atom stereocenters. The topological polar surface area (TPSA) is 49.4 Å². The van der Waals surface area contributed by atoms with Gasteiger partial charge < -0.3 is 0 Å². The molecule has 0 amide bonds. The first-order valence-corrected chi connectivity index (χ1v) is 9.81. The van der Waals surface area contributed by atoms with Gasteiger partial charge in [-0.15, -0.1) is 0 Å².